The minimum Gasteiger partial charge on any atom is -0.331 e. The summed E-state index contributed by atoms with van der Waals surface area (Å²) in [7, 11) is 0. The van der Waals surface area contributed by atoms with Gasteiger partial charge in [-0.3, -0.25) is 0 Å². The average molecular weight is 250 g/mol. The monoisotopic (exact) mass is 249 g/mol. The highest BCUT2D eigenvalue weighted by Crippen LogP contribution is 2.31. The van der Waals surface area contributed by atoms with Crippen molar-refractivity contribution >= 4 is 46.3 Å². The second-order valence-electron chi connectivity index (χ2n) is 2.59. The van der Waals surface area contributed by atoms with Crippen LogP contribution in [-0.4, -0.2) is 18.3 Å². The zero-order valence-electron chi connectivity index (χ0n) is 6.80. The number of nitrogens with one attached hydrogen (secondary N) is 2. The van der Waals surface area contributed by atoms with E-state index >= 15 is 0 Å². The van der Waals surface area contributed by atoms with E-state index in [-0.39, 0.29) is 6.03 Å². The van der Waals surface area contributed by atoms with E-state index in [4.69, 9.17) is 23.2 Å². The summed E-state index contributed by atoms with van der Waals surface area (Å²) >= 11 is 13.0. The van der Waals surface area contributed by atoms with Crippen LogP contribution in [0.3, 0.4) is 0 Å². The first-order valence-corrected chi connectivity index (χ1v) is 5.29. The maximum atomic E-state index is 10.7. The first-order chi connectivity index (χ1) is 6.66. The third-order valence-corrected chi connectivity index (χ3v) is 3.16. The molecule has 2 N–H and O–H groups in total. The third-order valence-electron chi connectivity index (χ3n) is 1.68. The molecule has 1 aromatic rings. The molecule has 0 aliphatic carbocycles. The van der Waals surface area contributed by atoms with Gasteiger partial charge < -0.3 is 5.32 Å². The van der Waals surface area contributed by atoms with Crippen LogP contribution in [0.1, 0.15) is 5.56 Å². The summed E-state index contributed by atoms with van der Waals surface area (Å²) in [5.74, 6) is 0. The standard InChI is InChI=1S/C7H5Cl2N3OS/c8-5-1-3(6(9)14-5)4-2-10-7(13)12-11-4/h1H,2H2,(H2,10,12,13). The van der Waals surface area contributed by atoms with Crippen LogP contribution in [0.2, 0.25) is 8.67 Å². The lowest BCUT2D eigenvalue weighted by Crippen LogP contribution is -2.42. The smallest absolute Gasteiger partial charge is 0.331 e. The fraction of sp³-hybridized carbons (Fsp3) is 0.143. The van der Waals surface area contributed by atoms with E-state index in [0.29, 0.717) is 20.9 Å². The van der Waals surface area contributed by atoms with Crippen molar-refractivity contribution in [2.45, 2.75) is 0 Å². The molecule has 7 heteroatoms. The van der Waals surface area contributed by atoms with Gasteiger partial charge in [0.05, 0.1) is 16.6 Å². The molecule has 2 rings (SSSR count). The molecular weight excluding hydrogens is 245 g/mol. The van der Waals surface area contributed by atoms with Gasteiger partial charge in [-0.25, -0.2) is 10.2 Å². The van der Waals surface area contributed by atoms with Crippen molar-refractivity contribution in [3.05, 3.63) is 20.3 Å². The third kappa shape index (κ3) is 1.84. The van der Waals surface area contributed by atoms with Crippen LogP contribution >= 0.6 is 34.5 Å². The Kier molecular flexibility index (Phi) is 2.62. The topological polar surface area (TPSA) is 53.5 Å². The lowest BCUT2D eigenvalue weighted by molar-refractivity contribution is 0.241. The van der Waals surface area contributed by atoms with Gasteiger partial charge in [0.15, 0.2) is 0 Å². The van der Waals surface area contributed by atoms with Crippen LogP contribution in [0, 0.1) is 0 Å². The van der Waals surface area contributed by atoms with Gasteiger partial charge in [0, 0.05) is 5.56 Å². The van der Waals surface area contributed by atoms with Crippen LogP contribution in [0.15, 0.2) is 11.2 Å². The number of urea groups is 1. The van der Waals surface area contributed by atoms with Gasteiger partial charge in [0.2, 0.25) is 0 Å². The number of carbonyl (C=O) groups is 1. The van der Waals surface area contributed by atoms with Crippen LogP contribution in [0.4, 0.5) is 4.79 Å². The van der Waals surface area contributed by atoms with Crippen molar-refractivity contribution in [3.63, 3.8) is 0 Å². The summed E-state index contributed by atoms with van der Waals surface area (Å²) in [5.41, 5.74) is 3.74. The van der Waals surface area contributed by atoms with Crippen molar-refractivity contribution in [2.24, 2.45) is 5.10 Å². The van der Waals surface area contributed by atoms with Crippen molar-refractivity contribution in [1.82, 2.24) is 10.7 Å². The molecule has 0 bridgehead atoms. The molecule has 1 aliphatic rings. The molecule has 2 amide bonds. The second-order valence-corrected chi connectivity index (χ2v) is 4.88. The molecule has 0 atom stereocenters. The van der Waals surface area contributed by atoms with Crippen LogP contribution in [0.5, 0.6) is 0 Å². The highest BCUT2D eigenvalue weighted by molar-refractivity contribution is 7.20. The number of rotatable bonds is 1. The quantitative estimate of drug-likeness (QED) is 0.787. The highest BCUT2D eigenvalue weighted by Gasteiger charge is 2.16. The molecule has 0 saturated heterocycles. The SMILES string of the molecule is O=C1NCC(c2cc(Cl)sc2Cl)=NN1. The van der Waals surface area contributed by atoms with E-state index in [9.17, 15) is 4.79 Å². The Balaban J connectivity index is 2.31. The Morgan fingerprint density at radius 2 is 2.29 bits per heavy atom. The van der Waals surface area contributed by atoms with Crippen LogP contribution < -0.4 is 10.7 Å². The molecule has 2 heterocycles. The Bertz CT molecular complexity index is 415. The van der Waals surface area contributed by atoms with E-state index in [1.54, 1.807) is 6.07 Å². The molecule has 14 heavy (non-hydrogen) atoms. The normalized spacial score (nSPS) is 15.9. The number of hydrazone groups is 1. The van der Waals surface area contributed by atoms with Crippen molar-refractivity contribution in [3.8, 4) is 0 Å². The van der Waals surface area contributed by atoms with E-state index < -0.39 is 0 Å². The van der Waals surface area contributed by atoms with Crippen LogP contribution in [0.25, 0.3) is 0 Å². The largest absolute Gasteiger partial charge is 0.335 e. The molecule has 0 aromatic carbocycles. The fourth-order valence-corrected chi connectivity index (χ4v) is 2.56. The lowest BCUT2D eigenvalue weighted by atomic mass is 10.2. The minimum atomic E-state index is -0.314. The Labute approximate surface area is 93.9 Å². The average Bonchev–Trinajstić information content (AvgIpc) is 2.47. The Hall–Kier alpha value is -0.780. The van der Waals surface area contributed by atoms with Crippen molar-refractivity contribution < 1.29 is 4.79 Å². The zero-order valence-corrected chi connectivity index (χ0v) is 9.13. The summed E-state index contributed by atoms with van der Waals surface area (Å²) in [6.07, 6.45) is 0. The molecule has 4 nitrogen and oxygen atoms in total. The number of hydrogen-bond donors (Lipinski definition) is 2. The van der Waals surface area contributed by atoms with Crippen molar-refractivity contribution in [2.75, 3.05) is 6.54 Å². The highest BCUT2D eigenvalue weighted by atomic mass is 35.5. The van der Waals surface area contributed by atoms with Gasteiger partial charge in [-0.15, -0.1) is 11.3 Å². The summed E-state index contributed by atoms with van der Waals surface area (Å²) in [4.78, 5) is 10.7. The number of nitrogens with zero attached hydrogens (tertiary/aromatic N) is 1. The van der Waals surface area contributed by atoms with Gasteiger partial charge >= 0.3 is 6.03 Å². The zero-order chi connectivity index (χ0) is 10.1. The molecule has 0 radical (unpaired) electrons. The predicted molar refractivity (Wildman–Crippen MR) is 57.4 cm³/mol. The molecule has 74 valence electrons. The molecule has 0 unspecified atom stereocenters. The first-order valence-electron chi connectivity index (χ1n) is 3.72. The van der Waals surface area contributed by atoms with Gasteiger partial charge in [0.25, 0.3) is 0 Å². The fourth-order valence-electron chi connectivity index (χ4n) is 1.05. The van der Waals surface area contributed by atoms with Gasteiger partial charge in [-0.1, -0.05) is 23.2 Å². The van der Waals surface area contributed by atoms with E-state index in [2.05, 4.69) is 15.8 Å². The van der Waals surface area contributed by atoms with E-state index in [1.165, 1.54) is 11.3 Å². The molecule has 1 aromatic heterocycles. The molecular formula is C7H5Cl2N3OS. The maximum Gasteiger partial charge on any atom is 0.335 e. The molecule has 0 spiro atoms. The summed E-state index contributed by atoms with van der Waals surface area (Å²) in [6.45, 7) is 0.360. The number of hydrogen-bond acceptors (Lipinski definition) is 3. The van der Waals surface area contributed by atoms with Crippen molar-refractivity contribution in [1.29, 1.82) is 0 Å². The van der Waals surface area contributed by atoms with Crippen LogP contribution in [-0.2, 0) is 0 Å². The first kappa shape index (κ1) is 9.76. The molecule has 1 aliphatic heterocycles. The lowest BCUT2D eigenvalue weighted by Gasteiger charge is -2.12. The van der Waals surface area contributed by atoms with Gasteiger partial charge in [-0.2, -0.15) is 5.10 Å². The maximum absolute atomic E-state index is 10.7. The minimum absolute atomic E-state index is 0.314. The summed E-state index contributed by atoms with van der Waals surface area (Å²) in [6, 6.07) is 1.42. The Morgan fingerprint density at radius 3 is 2.79 bits per heavy atom. The second kappa shape index (κ2) is 3.76. The Morgan fingerprint density at radius 1 is 1.50 bits per heavy atom. The van der Waals surface area contributed by atoms with E-state index in [1.807, 2.05) is 0 Å². The van der Waals surface area contributed by atoms with E-state index in [0.717, 1.165) is 5.56 Å². The predicted octanol–water partition coefficient (Wildman–Crippen LogP) is 2.07. The van der Waals surface area contributed by atoms with Gasteiger partial charge in [0.1, 0.15) is 4.34 Å². The number of amides is 2. The molecule has 0 saturated carbocycles. The number of carbonyl (C=O) groups excluding carboxylic acids is 1. The summed E-state index contributed by atoms with van der Waals surface area (Å²) < 4.78 is 1.18. The number of halogens is 2. The summed E-state index contributed by atoms with van der Waals surface area (Å²) in [5, 5.41) is 6.46. The van der Waals surface area contributed by atoms with Gasteiger partial charge in [-0.05, 0) is 6.07 Å². The molecule has 0 fully saturated rings. The number of thiophene rings is 1.